The molecule has 0 aliphatic rings. The molecule has 6 heavy (non-hydrogen) atoms. The molecule has 1 heteroatoms. The molecule has 0 aromatic carbocycles. The molecule has 0 aliphatic carbocycles. The van der Waals surface area contributed by atoms with Gasteiger partial charge in [-0.15, -0.1) is 0 Å². The third kappa shape index (κ3) is 4.92. The summed E-state index contributed by atoms with van der Waals surface area (Å²) in [6, 6.07) is 0. The molecular weight excluding hydrogens is 267 g/mol. The summed E-state index contributed by atoms with van der Waals surface area (Å²) in [6.45, 7) is 2.25. The molecule has 3 radical (unpaired) electrons. The summed E-state index contributed by atoms with van der Waals surface area (Å²) in [5.41, 5.74) is 0. The topological polar surface area (TPSA) is 0 Å². The van der Waals surface area contributed by atoms with Crippen molar-refractivity contribution in [3.63, 3.8) is 0 Å². The molecule has 0 N–H and O–H groups in total. The van der Waals surface area contributed by atoms with Gasteiger partial charge in [0, 0.05) is 0 Å². The predicted molar refractivity (Wildman–Crippen MR) is 30.1 cm³/mol. The normalized spacial score (nSPS) is 9.00. The van der Waals surface area contributed by atoms with Crippen LogP contribution in [0, 0.1) is 0 Å². The van der Waals surface area contributed by atoms with Gasteiger partial charge in [0.15, 0.2) is 0 Å². The van der Waals surface area contributed by atoms with Crippen molar-refractivity contribution in [2.45, 2.75) is 30.2 Å². The second-order valence-electron chi connectivity index (χ2n) is 1.46. The molecular formula is C5H11Pb. The van der Waals surface area contributed by atoms with Crippen molar-refractivity contribution in [1.29, 1.82) is 0 Å². The van der Waals surface area contributed by atoms with Gasteiger partial charge in [0.1, 0.15) is 0 Å². The molecule has 0 saturated heterocycles. The van der Waals surface area contributed by atoms with E-state index in [9.17, 15) is 0 Å². The van der Waals surface area contributed by atoms with Gasteiger partial charge in [-0.2, -0.15) is 0 Å². The SMILES string of the molecule is CCCC[CH2][Pb]. The quantitative estimate of drug-likeness (QED) is 0.545. The Bertz CT molecular complexity index is 15.9. The molecule has 0 bridgehead atoms. The van der Waals surface area contributed by atoms with Crippen LogP contribution < -0.4 is 0 Å². The van der Waals surface area contributed by atoms with Crippen molar-refractivity contribution in [2.24, 2.45) is 0 Å². The van der Waals surface area contributed by atoms with Gasteiger partial charge < -0.3 is 0 Å². The van der Waals surface area contributed by atoms with Crippen molar-refractivity contribution in [2.75, 3.05) is 0 Å². The number of hydrogen-bond donors (Lipinski definition) is 0. The average Bonchev–Trinajstić information content (AvgIpc) is 1.61. The standard InChI is InChI=1S/C5H11.Pb/c1-3-5-4-2;/h1,3-5H2,2H3;. The summed E-state index contributed by atoms with van der Waals surface area (Å²) in [6.07, 6.45) is 4.30. The second kappa shape index (κ2) is 5.92. The van der Waals surface area contributed by atoms with Crippen molar-refractivity contribution < 1.29 is 0 Å². The van der Waals surface area contributed by atoms with Crippen LogP contribution in [-0.2, 0) is 0 Å². The van der Waals surface area contributed by atoms with Gasteiger partial charge >= 0.3 is 55.9 Å². The van der Waals surface area contributed by atoms with Crippen molar-refractivity contribution in [3.8, 4) is 0 Å². The molecule has 0 unspecified atom stereocenters. The molecule has 0 saturated carbocycles. The van der Waals surface area contributed by atoms with E-state index in [0.29, 0.717) is 0 Å². The minimum absolute atomic E-state index is 1.38. The van der Waals surface area contributed by atoms with Crippen molar-refractivity contribution in [1.82, 2.24) is 0 Å². The first-order chi connectivity index (χ1) is 2.91. The Kier molecular flexibility index (Phi) is 6.83. The Morgan fingerprint density at radius 1 is 1.33 bits per heavy atom. The van der Waals surface area contributed by atoms with Gasteiger partial charge in [-0.1, -0.05) is 0 Å². The Morgan fingerprint density at radius 2 is 2.00 bits per heavy atom. The van der Waals surface area contributed by atoms with Gasteiger partial charge in [0.05, 0.1) is 0 Å². The first-order valence-electron chi connectivity index (χ1n) is 2.56. The van der Waals surface area contributed by atoms with E-state index in [0.717, 1.165) is 0 Å². The van der Waals surface area contributed by atoms with Crippen LogP contribution in [0.15, 0.2) is 0 Å². The Hall–Kier alpha value is 0.922. The summed E-state index contributed by atoms with van der Waals surface area (Å²) < 4.78 is 1.49. The van der Waals surface area contributed by atoms with E-state index in [1.54, 1.807) is 0 Å². The zero-order chi connectivity index (χ0) is 4.83. The summed E-state index contributed by atoms with van der Waals surface area (Å²) in [4.78, 5) is 0. The first kappa shape index (κ1) is 6.92. The number of unbranched alkanes of at least 4 members (excludes halogenated alkanes) is 2. The van der Waals surface area contributed by atoms with Crippen molar-refractivity contribution >= 4 is 25.8 Å². The van der Waals surface area contributed by atoms with Crippen LogP contribution in [0.3, 0.4) is 0 Å². The molecule has 0 spiro atoms. The summed E-state index contributed by atoms with van der Waals surface area (Å²) in [5.74, 6) is 0. The molecule has 35 valence electrons. The predicted octanol–water partition coefficient (Wildman–Crippen LogP) is 1.76. The van der Waals surface area contributed by atoms with Crippen LogP contribution in [0.1, 0.15) is 26.2 Å². The molecule has 0 aromatic rings. The van der Waals surface area contributed by atoms with E-state index in [4.69, 9.17) is 0 Å². The zero-order valence-corrected chi connectivity index (χ0v) is 8.22. The third-order valence-corrected chi connectivity index (χ3v) is 2.15. The van der Waals surface area contributed by atoms with E-state index in [-0.39, 0.29) is 0 Å². The molecule has 0 atom stereocenters. The molecule has 0 aliphatic heterocycles. The molecule has 0 aromatic heterocycles. The maximum absolute atomic E-state index is 2.25. The van der Waals surface area contributed by atoms with Crippen LogP contribution in [-0.4, -0.2) is 25.8 Å². The Balaban J connectivity index is 2.34. The monoisotopic (exact) mass is 279 g/mol. The maximum atomic E-state index is 2.25. The van der Waals surface area contributed by atoms with Crippen LogP contribution in [0.2, 0.25) is 3.98 Å². The summed E-state index contributed by atoms with van der Waals surface area (Å²) in [5, 5.41) is 0. The van der Waals surface area contributed by atoms with E-state index >= 15 is 0 Å². The molecule has 0 fully saturated rings. The first-order valence-corrected chi connectivity index (χ1v) is 5.31. The fraction of sp³-hybridized carbons (Fsp3) is 1.00. The molecule has 0 amide bonds. The van der Waals surface area contributed by atoms with E-state index < -0.39 is 0 Å². The van der Waals surface area contributed by atoms with Crippen molar-refractivity contribution in [3.05, 3.63) is 0 Å². The summed E-state index contributed by atoms with van der Waals surface area (Å²) in [7, 11) is 0. The van der Waals surface area contributed by atoms with Crippen LogP contribution in [0.4, 0.5) is 0 Å². The second-order valence-corrected chi connectivity index (χ2v) is 3.40. The minimum atomic E-state index is 1.38. The van der Waals surface area contributed by atoms with Crippen LogP contribution >= 0.6 is 0 Å². The molecule has 0 heterocycles. The third-order valence-electron chi connectivity index (χ3n) is 0.780. The van der Waals surface area contributed by atoms with Gasteiger partial charge in [-0.3, -0.25) is 0 Å². The van der Waals surface area contributed by atoms with Gasteiger partial charge in [0.2, 0.25) is 0 Å². The summed E-state index contributed by atoms with van der Waals surface area (Å²) >= 11 is 1.40. The van der Waals surface area contributed by atoms with Gasteiger partial charge in [0.25, 0.3) is 0 Å². The van der Waals surface area contributed by atoms with E-state index in [1.807, 2.05) is 0 Å². The zero-order valence-electron chi connectivity index (χ0n) is 4.33. The van der Waals surface area contributed by atoms with Crippen LogP contribution in [0.25, 0.3) is 0 Å². The van der Waals surface area contributed by atoms with Crippen LogP contribution in [0.5, 0.6) is 0 Å². The van der Waals surface area contributed by atoms with Gasteiger partial charge in [-0.25, -0.2) is 0 Å². The van der Waals surface area contributed by atoms with E-state index in [2.05, 4.69) is 6.92 Å². The number of hydrogen-bond acceptors (Lipinski definition) is 0. The molecule has 0 nitrogen and oxygen atoms in total. The fourth-order valence-corrected chi connectivity index (χ4v) is 1.35. The Labute approximate surface area is 56.0 Å². The van der Waals surface area contributed by atoms with E-state index in [1.165, 1.54) is 49.0 Å². The number of rotatable bonds is 3. The molecule has 0 rings (SSSR count). The van der Waals surface area contributed by atoms with Gasteiger partial charge in [-0.05, 0) is 0 Å². The Morgan fingerprint density at radius 3 is 2.17 bits per heavy atom. The fourth-order valence-electron chi connectivity index (χ4n) is 0.375. The average molecular weight is 278 g/mol.